The molecule has 0 saturated carbocycles. The zero-order chi connectivity index (χ0) is 13.8. The van der Waals surface area contributed by atoms with Gasteiger partial charge in [-0.1, -0.05) is 6.92 Å². The van der Waals surface area contributed by atoms with E-state index in [9.17, 15) is 9.59 Å². The summed E-state index contributed by atoms with van der Waals surface area (Å²) in [7, 11) is 0. The van der Waals surface area contributed by atoms with Crippen molar-refractivity contribution in [1.29, 1.82) is 0 Å². The van der Waals surface area contributed by atoms with Gasteiger partial charge in [-0.2, -0.15) is 0 Å². The van der Waals surface area contributed by atoms with E-state index < -0.39 is 0 Å². The number of carbonyl (C=O) groups excluding carboxylic acids is 2. The van der Waals surface area contributed by atoms with Crippen LogP contribution in [-0.4, -0.2) is 26.5 Å². The molecule has 1 amide bonds. The number of aromatic nitrogens is 3. The van der Waals surface area contributed by atoms with Gasteiger partial charge in [0.05, 0.1) is 9.75 Å². The first kappa shape index (κ1) is 13.4. The first-order valence-corrected chi connectivity index (χ1v) is 6.73. The SMILES string of the molecule is CCCn1cnc(NC(=O)c2ccc(C(C)=O)s2)n1. The Morgan fingerprint density at radius 3 is 2.74 bits per heavy atom. The lowest BCUT2D eigenvalue weighted by molar-refractivity contribution is 0.101. The molecule has 2 rings (SSSR count). The largest absolute Gasteiger partial charge is 0.294 e. The maximum atomic E-state index is 11.9. The molecule has 2 aromatic heterocycles. The number of thiophene rings is 1. The molecule has 6 nitrogen and oxygen atoms in total. The van der Waals surface area contributed by atoms with E-state index in [0.29, 0.717) is 9.75 Å². The minimum absolute atomic E-state index is 0.0469. The van der Waals surface area contributed by atoms with Crippen molar-refractivity contribution in [3.63, 3.8) is 0 Å². The van der Waals surface area contributed by atoms with Gasteiger partial charge < -0.3 is 0 Å². The quantitative estimate of drug-likeness (QED) is 0.851. The Morgan fingerprint density at radius 1 is 1.37 bits per heavy atom. The third kappa shape index (κ3) is 3.25. The van der Waals surface area contributed by atoms with E-state index in [1.54, 1.807) is 23.1 Å². The topological polar surface area (TPSA) is 76.9 Å². The monoisotopic (exact) mass is 278 g/mol. The second-order valence-electron chi connectivity index (χ2n) is 4.01. The fraction of sp³-hybridized carbons (Fsp3) is 0.333. The number of Topliss-reactive ketones (excluding diaryl/α,β-unsaturated/α-hetero) is 1. The van der Waals surface area contributed by atoms with Gasteiger partial charge in [-0.05, 0) is 25.5 Å². The number of ketones is 1. The zero-order valence-electron chi connectivity index (χ0n) is 10.7. The molecular weight excluding hydrogens is 264 g/mol. The summed E-state index contributed by atoms with van der Waals surface area (Å²) < 4.78 is 1.67. The van der Waals surface area contributed by atoms with Gasteiger partial charge in [0.1, 0.15) is 6.33 Å². The normalized spacial score (nSPS) is 10.4. The van der Waals surface area contributed by atoms with E-state index >= 15 is 0 Å². The summed E-state index contributed by atoms with van der Waals surface area (Å²) >= 11 is 1.16. The molecule has 0 atom stereocenters. The smallest absolute Gasteiger partial charge is 0.268 e. The molecule has 19 heavy (non-hydrogen) atoms. The van der Waals surface area contributed by atoms with E-state index in [1.165, 1.54) is 6.92 Å². The van der Waals surface area contributed by atoms with Gasteiger partial charge in [0, 0.05) is 6.54 Å². The van der Waals surface area contributed by atoms with Crippen LogP contribution in [0.5, 0.6) is 0 Å². The summed E-state index contributed by atoms with van der Waals surface area (Å²) in [5.41, 5.74) is 0. The number of hydrogen-bond donors (Lipinski definition) is 1. The van der Waals surface area contributed by atoms with Gasteiger partial charge in [-0.25, -0.2) is 4.98 Å². The van der Waals surface area contributed by atoms with E-state index in [2.05, 4.69) is 15.4 Å². The van der Waals surface area contributed by atoms with Crippen molar-refractivity contribution in [3.8, 4) is 0 Å². The zero-order valence-corrected chi connectivity index (χ0v) is 11.5. The lowest BCUT2D eigenvalue weighted by atomic mass is 10.3. The summed E-state index contributed by atoms with van der Waals surface area (Å²) in [4.78, 5) is 28.1. The maximum absolute atomic E-state index is 11.9. The number of amides is 1. The molecular formula is C12H14N4O2S. The fourth-order valence-corrected chi connectivity index (χ4v) is 2.30. The average Bonchev–Trinajstić information content (AvgIpc) is 2.98. The molecule has 2 aromatic rings. The lowest BCUT2D eigenvalue weighted by Gasteiger charge is -1.97. The first-order chi connectivity index (χ1) is 9.10. The highest BCUT2D eigenvalue weighted by atomic mass is 32.1. The van der Waals surface area contributed by atoms with E-state index in [1.807, 2.05) is 6.92 Å². The van der Waals surface area contributed by atoms with Crippen molar-refractivity contribution < 1.29 is 9.59 Å². The Kier molecular flexibility index (Phi) is 4.06. The van der Waals surface area contributed by atoms with E-state index in [4.69, 9.17) is 0 Å². The minimum atomic E-state index is -0.299. The highest BCUT2D eigenvalue weighted by Crippen LogP contribution is 2.17. The number of carbonyl (C=O) groups is 2. The molecule has 0 radical (unpaired) electrons. The molecule has 0 fully saturated rings. The lowest BCUT2D eigenvalue weighted by Crippen LogP contribution is -2.11. The maximum Gasteiger partial charge on any atom is 0.268 e. The number of nitrogens with one attached hydrogen (secondary N) is 1. The first-order valence-electron chi connectivity index (χ1n) is 5.91. The van der Waals surface area contributed by atoms with Crippen LogP contribution in [0.4, 0.5) is 5.95 Å². The van der Waals surface area contributed by atoms with Crippen LogP contribution in [0.3, 0.4) is 0 Å². The van der Waals surface area contributed by atoms with Crippen LogP contribution in [0, 0.1) is 0 Å². The van der Waals surface area contributed by atoms with E-state index in [0.717, 1.165) is 24.3 Å². The van der Waals surface area contributed by atoms with Crippen LogP contribution in [0.15, 0.2) is 18.5 Å². The molecule has 2 heterocycles. The predicted octanol–water partition coefficient (Wildman–Crippen LogP) is 2.20. The molecule has 0 aliphatic heterocycles. The van der Waals surface area contributed by atoms with Crippen LogP contribution in [0.2, 0.25) is 0 Å². The molecule has 0 unspecified atom stereocenters. The minimum Gasteiger partial charge on any atom is -0.294 e. The van der Waals surface area contributed by atoms with Gasteiger partial charge in [0.15, 0.2) is 5.78 Å². The molecule has 0 saturated heterocycles. The average molecular weight is 278 g/mol. The highest BCUT2D eigenvalue weighted by Gasteiger charge is 2.13. The fourth-order valence-electron chi connectivity index (χ4n) is 1.50. The molecule has 0 bridgehead atoms. The van der Waals surface area contributed by atoms with Crippen molar-refractivity contribution >= 4 is 29.0 Å². The second kappa shape index (κ2) is 5.75. The highest BCUT2D eigenvalue weighted by molar-refractivity contribution is 7.16. The number of nitrogens with zero attached hydrogens (tertiary/aromatic N) is 3. The summed E-state index contributed by atoms with van der Waals surface area (Å²) in [5, 5.41) is 6.73. The number of hydrogen-bond acceptors (Lipinski definition) is 5. The van der Waals surface area contributed by atoms with Crippen molar-refractivity contribution in [2.75, 3.05) is 5.32 Å². The Balaban J connectivity index is 2.04. The van der Waals surface area contributed by atoms with Crippen molar-refractivity contribution in [1.82, 2.24) is 14.8 Å². The molecule has 0 aliphatic carbocycles. The van der Waals surface area contributed by atoms with Crippen molar-refractivity contribution in [3.05, 3.63) is 28.2 Å². The molecule has 0 spiro atoms. The van der Waals surface area contributed by atoms with E-state index in [-0.39, 0.29) is 17.6 Å². The van der Waals surface area contributed by atoms with Crippen molar-refractivity contribution in [2.45, 2.75) is 26.8 Å². The van der Waals surface area contributed by atoms with Crippen LogP contribution < -0.4 is 5.32 Å². The Labute approximate surface area is 114 Å². The Hall–Kier alpha value is -2.02. The van der Waals surface area contributed by atoms with Crippen LogP contribution >= 0.6 is 11.3 Å². The number of anilines is 1. The Morgan fingerprint density at radius 2 is 2.11 bits per heavy atom. The van der Waals surface area contributed by atoms with Gasteiger partial charge in [-0.3, -0.25) is 19.6 Å². The molecule has 100 valence electrons. The molecule has 1 N–H and O–H groups in total. The molecule has 0 aliphatic rings. The van der Waals surface area contributed by atoms with Crippen LogP contribution in [0.1, 0.15) is 39.6 Å². The third-order valence-electron chi connectivity index (χ3n) is 2.39. The summed E-state index contributed by atoms with van der Waals surface area (Å²) in [6.45, 7) is 4.27. The van der Waals surface area contributed by atoms with Crippen LogP contribution in [-0.2, 0) is 6.54 Å². The van der Waals surface area contributed by atoms with Gasteiger partial charge >= 0.3 is 0 Å². The van der Waals surface area contributed by atoms with Gasteiger partial charge in [0.25, 0.3) is 5.91 Å². The predicted molar refractivity (Wildman–Crippen MR) is 72.6 cm³/mol. The molecule has 7 heteroatoms. The molecule has 0 aromatic carbocycles. The Bertz CT molecular complexity index is 602. The summed E-state index contributed by atoms with van der Waals surface area (Å²) in [6.07, 6.45) is 2.53. The number of rotatable bonds is 5. The third-order valence-corrected chi connectivity index (χ3v) is 3.58. The van der Waals surface area contributed by atoms with Gasteiger partial charge in [-0.15, -0.1) is 16.4 Å². The second-order valence-corrected chi connectivity index (χ2v) is 5.09. The summed E-state index contributed by atoms with van der Waals surface area (Å²) in [5.74, 6) is -0.0719. The summed E-state index contributed by atoms with van der Waals surface area (Å²) in [6, 6.07) is 3.27. The van der Waals surface area contributed by atoms with Crippen LogP contribution in [0.25, 0.3) is 0 Å². The van der Waals surface area contributed by atoms with Crippen molar-refractivity contribution in [2.24, 2.45) is 0 Å². The standard InChI is InChI=1S/C12H14N4O2S/c1-3-6-16-7-13-12(15-16)14-11(18)10-5-4-9(19-10)8(2)17/h4-5,7H,3,6H2,1-2H3,(H,14,15,18). The number of aryl methyl sites for hydroxylation is 1. The van der Waals surface area contributed by atoms with Gasteiger partial charge in [0.2, 0.25) is 5.95 Å².